The maximum atomic E-state index is 13.3. The fraction of sp³-hybridized carbons (Fsp3) is 0.133. The van der Waals surface area contributed by atoms with Crippen molar-refractivity contribution in [3.05, 3.63) is 60.2 Å². The van der Waals surface area contributed by atoms with Gasteiger partial charge in [-0.05, 0) is 58.8 Å². The topological polar surface area (TPSA) is 17.1 Å². The van der Waals surface area contributed by atoms with Crippen LogP contribution in [0.15, 0.2) is 34.8 Å². The minimum Gasteiger partial charge on any atom is -0.288 e. The molecule has 0 spiro atoms. The first-order valence-electron chi connectivity index (χ1n) is 6.13. The van der Waals surface area contributed by atoms with Gasteiger partial charge in [0.15, 0.2) is 5.78 Å². The molecule has 0 saturated carbocycles. The monoisotopic (exact) mass is 442 g/mol. The zero-order chi connectivity index (χ0) is 17.4. The van der Waals surface area contributed by atoms with E-state index in [4.69, 9.17) is 23.2 Å². The van der Waals surface area contributed by atoms with Crippen LogP contribution < -0.4 is 0 Å². The molecule has 0 fully saturated rings. The summed E-state index contributed by atoms with van der Waals surface area (Å²) in [5.74, 6) is -0.729. The van der Waals surface area contributed by atoms with E-state index in [1.165, 1.54) is 12.1 Å². The zero-order valence-corrected chi connectivity index (χ0v) is 15.4. The highest BCUT2D eigenvalue weighted by atomic mass is 79.9. The SMILES string of the molecule is Cc1sc(C(=O)C=C(c2cc(Cl)cc(Cl)c2)C(F)(F)F)cc1Br. The predicted molar refractivity (Wildman–Crippen MR) is 91.6 cm³/mol. The lowest BCUT2D eigenvalue weighted by Gasteiger charge is -2.12. The Bertz CT molecular complexity index is 757. The average molecular weight is 444 g/mol. The Morgan fingerprint density at radius 1 is 1.17 bits per heavy atom. The van der Waals surface area contributed by atoms with E-state index in [1.54, 1.807) is 6.92 Å². The van der Waals surface area contributed by atoms with E-state index in [-0.39, 0.29) is 20.5 Å². The van der Waals surface area contributed by atoms with Crippen LogP contribution in [0.5, 0.6) is 0 Å². The van der Waals surface area contributed by atoms with E-state index < -0.39 is 17.5 Å². The number of rotatable bonds is 3. The number of alkyl halides is 3. The molecule has 0 aliphatic heterocycles. The highest BCUT2D eigenvalue weighted by Crippen LogP contribution is 2.37. The summed E-state index contributed by atoms with van der Waals surface area (Å²) in [6.07, 6.45) is -4.15. The molecule has 0 atom stereocenters. The smallest absolute Gasteiger partial charge is 0.288 e. The number of allylic oxidation sites excluding steroid dienone is 2. The third-order valence-corrected chi connectivity index (χ3v) is 5.44. The minimum absolute atomic E-state index is 0.0600. The number of carbonyl (C=O) groups is 1. The molecule has 2 rings (SSSR count). The normalized spacial score (nSPS) is 12.6. The molecule has 8 heteroatoms. The van der Waals surface area contributed by atoms with E-state index in [1.807, 2.05) is 0 Å². The Morgan fingerprint density at radius 2 is 1.74 bits per heavy atom. The van der Waals surface area contributed by atoms with Crippen LogP contribution in [0.2, 0.25) is 10.0 Å². The van der Waals surface area contributed by atoms with E-state index >= 15 is 0 Å². The van der Waals surface area contributed by atoms with Gasteiger partial charge in [0.1, 0.15) is 0 Å². The molecule has 0 amide bonds. The molecule has 23 heavy (non-hydrogen) atoms. The second-order valence-electron chi connectivity index (χ2n) is 4.59. The molecule has 1 nitrogen and oxygen atoms in total. The summed E-state index contributed by atoms with van der Waals surface area (Å²) in [5.41, 5.74) is -1.34. The molecule has 0 aliphatic rings. The highest BCUT2D eigenvalue weighted by Gasteiger charge is 2.35. The number of hydrogen-bond donors (Lipinski definition) is 0. The second-order valence-corrected chi connectivity index (χ2v) is 7.58. The molecular weight excluding hydrogens is 436 g/mol. The molecule has 0 aliphatic carbocycles. The number of ketones is 1. The average Bonchev–Trinajstić information content (AvgIpc) is 2.73. The molecule has 0 saturated heterocycles. The number of thiophene rings is 1. The molecule has 1 aromatic carbocycles. The van der Waals surface area contributed by atoms with Gasteiger partial charge in [-0.2, -0.15) is 13.2 Å². The van der Waals surface area contributed by atoms with E-state index in [0.29, 0.717) is 10.5 Å². The van der Waals surface area contributed by atoms with Crippen LogP contribution in [-0.4, -0.2) is 12.0 Å². The van der Waals surface area contributed by atoms with Gasteiger partial charge < -0.3 is 0 Å². The quantitative estimate of drug-likeness (QED) is 0.370. The molecule has 122 valence electrons. The van der Waals surface area contributed by atoms with Crippen LogP contribution in [-0.2, 0) is 0 Å². The lowest BCUT2D eigenvalue weighted by Crippen LogP contribution is -2.12. The lowest BCUT2D eigenvalue weighted by atomic mass is 10.0. The van der Waals surface area contributed by atoms with Crippen LogP contribution in [0.1, 0.15) is 20.1 Å². The van der Waals surface area contributed by atoms with Crippen molar-refractivity contribution in [3.8, 4) is 0 Å². The number of halogens is 6. The summed E-state index contributed by atoms with van der Waals surface area (Å²) in [4.78, 5) is 13.2. The second kappa shape index (κ2) is 6.97. The maximum absolute atomic E-state index is 13.3. The van der Waals surface area contributed by atoms with Crippen LogP contribution in [0, 0.1) is 6.92 Å². The standard InChI is InChI=1S/C15H8BrCl2F3OS/c1-7-12(16)6-14(23-7)13(22)5-11(15(19,20)21)8-2-9(17)4-10(18)3-8/h2-6H,1H3. The van der Waals surface area contributed by atoms with E-state index in [0.717, 1.165) is 28.3 Å². The Kier molecular flexibility index (Phi) is 5.61. The number of aryl methyl sites for hydroxylation is 1. The third-order valence-electron chi connectivity index (χ3n) is 2.85. The Morgan fingerprint density at radius 3 is 2.17 bits per heavy atom. The fourth-order valence-corrected chi connectivity index (χ4v) is 3.79. The molecule has 2 aromatic rings. The van der Waals surface area contributed by atoms with Crippen molar-refractivity contribution in [2.45, 2.75) is 13.1 Å². The van der Waals surface area contributed by atoms with Crippen LogP contribution >= 0.6 is 50.5 Å². The van der Waals surface area contributed by atoms with Crippen molar-refractivity contribution < 1.29 is 18.0 Å². The summed E-state index contributed by atoms with van der Waals surface area (Å²) in [7, 11) is 0. The zero-order valence-electron chi connectivity index (χ0n) is 11.5. The summed E-state index contributed by atoms with van der Waals surface area (Å²) in [6, 6.07) is 5.06. The molecule has 0 radical (unpaired) electrons. The van der Waals surface area contributed by atoms with Gasteiger partial charge in [-0.15, -0.1) is 11.3 Å². The van der Waals surface area contributed by atoms with Gasteiger partial charge in [0, 0.05) is 19.4 Å². The summed E-state index contributed by atoms with van der Waals surface area (Å²) in [6.45, 7) is 1.76. The predicted octanol–water partition coefficient (Wildman–Crippen LogP) is 6.95. The lowest BCUT2D eigenvalue weighted by molar-refractivity contribution is -0.0689. The molecular formula is C15H8BrCl2F3OS. The van der Waals surface area contributed by atoms with Gasteiger partial charge in [-0.3, -0.25) is 4.79 Å². The summed E-state index contributed by atoms with van der Waals surface area (Å²) in [5, 5.41) is 0.120. The Balaban J connectivity index is 2.52. The van der Waals surface area contributed by atoms with Crippen molar-refractivity contribution in [1.82, 2.24) is 0 Å². The van der Waals surface area contributed by atoms with Crippen LogP contribution in [0.25, 0.3) is 5.57 Å². The Labute approximate surface area is 152 Å². The van der Waals surface area contributed by atoms with Gasteiger partial charge in [-0.1, -0.05) is 23.2 Å². The van der Waals surface area contributed by atoms with Crippen molar-refractivity contribution in [2.75, 3.05) is 0 Å². The summed E-state index contributed by atoms with van der Waals surface area (Å²) < 4.78 is 40.6. The largest absolute Gasteiger partial charge is 0.417 e. The van der Waals surface area contributed by atoms with E-state index in [2.05, 4.69) is 15.9 Å². The number of benzene rings is 1. The van der Waals surface area contributed by atoms with Crippen molar-refractivity contribution >= 4 is 61.8 Å². The van der Waals surface area contributed by atoms with Crippen molar-refractivity contribution in [3.63, 3.8) is 0 Å². The van der Waals surface area contributed by atoms with Crippen molar-refractivity contribution in [2.24, 2.45) is 0 Å². The first-order valence-corrected chi connectivity index (χ1v) is 8.50. The summed E-state index contributed by atoms with van der Waals surface area (Å²) >= 11 is 15.9. The molecule has 1 heterocycles. The third kappa shape index (κ3) is 4.59. The molecule has 1 aromatic heterocycles. The highest BCUT2D eigenvalue weighted by molar-refractivity contribution is 9.10. The van der Waals surface area contributed by atoms with Crippen molar-refractivity contribution in [1.29, 1.82) is 0 Å². The number of carbonyl (C=O) groups excluding carboxylic acids is 1. The van der Waals surface area contributed by atoms with Crippen LogP contribution in [0.4, 0.5) is 13.2 Å². The molecule has 0 N–H and O–H groups in total. The van der Waals surface area contributed by atoms with Gasteiger partial charge in [0.05, 0.1) is 10.5 Å². The minimum atomic E-state index is -4.72. The van der Waals surface area contributed by atoms with Gasteiger partial charge in [0.25, 0.3) is 0 Å². The number of hydrogen-bond acceptors (Lipinski definition) is 2. The van der Waals surface area contributed by atoms with Gasteiger partial charge >= 0.3 is 6.18 Å². The van der Waals surface area contributed by atoms with Gasteiger partial charge in [0.2, 0.25) is 0 Å². The first-order chi connectivity index (χ1) is 10.6. The maximum Gasteiger partial charge on any atom is 0.417 e. The van der Waals surface area contributed by atoms with E-state index in [9.17, 15) is 18.0 Å². The van der Waals surface area contributed by atoms with Crippen LogP contribution in [0.3, 0.4) is 0 Å². The fourth-order valence-electron chi connectivity index (χ4n) is 1.82. The van der Waals surface area contributed by atoms with Gasteiger partial charge in [-0.25, -0.2) is 0 Å². The molecule has 0 unspecified atom stereocenters. The Hall–Kier alpha value is -0.820. The first kappa shape index (κ1) is 18.5. The molecule has 0 bridgehead atoms.